The molecule has 0 aliphatic carbocycles. The van der Waals surface area contributed by atoms with Gasteiger partial charge in [0, 0.05) is 12.2 Å². The molecule has 1 aromatic heterocycles. The minimum atomic E-state index is -1.00. The summed E-state index contributed by atoms with van der Waals surface area (Å²) in [4.78, 5) is 36.1. The van der Waals surface area contributed by atoms with Crippen molar-refractivity contribution in [3.8, 4) is 0 Å². The van der Waals surface area contributed by atoms with Crippen LogP contribution in [0, 0.1) is 5.92 Å². The van der Waals surface area contributed by atoms with Crippen LogP contribution in [0.4, 0.5) is 0 Å². The molecule has 1 rings (SSSR count). The zero-order chi connectivity index (χ0) is 13.0. The number of hydrogen-bond acceptors (Lipinski definition) is 3. The third kappa shape index (κ3) is 3.17. The summed E-state index contributed by atoms with van der Waals surface area (Å²) in [5, 5.41) is 11.2. The highest BCUT2D eigenvalue weighted by molar-refractivity contribution is 5.94. The summed E-state index contributed by atoms with van der Waals surface area (Å²) in [7, 11) is 0. The first-order chi connectivity index (χ1) is 7.93. The van der Waals surface area contributed by atoms with Gasteiger partial charge in [-0.25, -0.2) is 0 Å². The fraction of sp³-hybridized carbons (Fsp3) is 0.364. The molecule has 1 heterocycles. The highest BCUT2D eigenvalue weighted by Gasteiger charge is 2.22. The van der Waals surface area contributed by atoms with Crippen LogP contribution in [0.1, 0.15) is 24.2 Å². The number of carbonyl (C=O) groups excluding carboxylic acids is 1. The number of amides is 1. The SMILES string of the molecule is CC(NC(=O)c1ccc[nH]c1=O)C(C)C(=O)O. The maximum Gasteiger partial charge on any atom is 0.308 e. The van der Waals surface area contributed by atoms with Crippen molar-refractivity contribution in [3.05, 3.63) is 34.2 Å². The normalized spacial score (nSPS) is 13.8. The summed E-state index contributed by atoms with van der Waals surface area (Å²) in [6.45, 7) is 3.07. The number of nitrogens with one attached hydrogen (secondary N) is 2. The van der Waals surface area contributed by atoms with Crippen LogP contribution < -0.4 is 10.9 Å². The summed E-state index contributed by atoms with van der Waals surface area (Å²) in [5.74, 6) is -2.30. The third-order valence-electron chi connectivity index (χ3n) is 2.56. The number of H-pyrrole nitrogens is 1. The summed E-state index contributed by atoms with van der Waals surface area (Å²) in [6, 6.07) is 2.35. The van der Waals surface area contributed by atoms with Crippen LogP contribution in [-0.2, 0) is 4.79 Å². The quantitative estimate of drug-likeness (QED) is 0.698. The van der Waals surface area contributed by atoms with Gasteiger partial charge in [0.25, 0.3) is 11.5 Å². The average Bonchev–Trinajstić information content (AvgIpc) is 2.28. The van der Waals surface area contributed by atoms with E-state index in [-0.39, 0.29) is 5.56 Å². The molecule has 0 aromatic carbocycles. The summed E-state index contributed by atoms with van der Waals surface area (Å²) in [5.41, 5.74) is -0.530. The molecule has 0 saturated heterocycles. The average molecular weight is 238 g/mol. The monoisotopic (exact) mass is 238 g/mol. The third-order valence-corrected chi connectivity index (χ3v) is 2.56. The molecule has 0 aliphatic heterocycles. The minimum Gasteiger partial charge on any atom is -0.481 e. The number of aromatic nitrogens is 1. The topological polar surface area (TPSA) is 99.3 Å². The van der Waals surface area contributed by atoms with Crippen molar-refractivity contribution < 1.29 is 14.7 Å². The Morgan fingerprint density at radius 2 is 2.06 bits per heavy atom. The van der Waals surface area contributed by atoms with Crippen LogP contribution in [0.3, 0.4) is 0 Å². The maximum atomic E-state index is 11.7. The first kappa shape index (κ1) is 13.0. The second kappa shape index (κ2) is 5.29. The van der Waals surface area contributed by atoms with Crippen LogP contribution >= 0.6 is 0 Å². The summed E-state index contributed by atoms with van der Waals surface area (Å²) >= 11 is 0. The van der Waals surface area contributed by atoms with Gasteiger partial charge in [0.1, 0.15) is 5.56 Å². The number of aromatic amines is 1. The molecule has 0 radical (unpaired) electrons. The fourth-order valence-corrected chi connectivity index (χ4v) is 1.22. The van der Waals surface area contributed by atoms with Gasteiger partial charge in [0.05, 0.1) is 5.92 Å². The number of hydrogen-bond donors (Lipinski definition) is 3. The Labute approximate surface area is 97.7 Å². The largest absolute Gasteiger partial charge is 0.481 e. The van der Waals surface area contributed by atoms with Crippen LogP contribution in [0.2, 0.25) is 0 Å². The van der Waals surface area contributed by atoms with Crippen LogP contribution in [0.15, 0.2) is 23.1 Å². The highest BCUT2D eigenvalue weighted by atomic mass is 16.4. The molecule has 6 nitrogen and oxygen atoms in total. The molecule has 17 heavy (non-hydrogen) atoms. The number of rotatable bonds is 4. The van der Waals surface area contributed by atoms with E-state index >= 15 is 0 Å². The van der Waals surface area contributed by atoms with Crippen molar-refractivity contribution in [2.24, 2.45) is 5.92 Å². The second-order valence-electron chi connectivity index (χ2n) is 3.80. The zero-order valence-corrected chi connectivity index (χ0v) is 9.56. The minimum absolute atomic E-state index is 0.0306. The van der Waals surface area contributed by atoms with E-state index in [1.165, 1.54) is 25.3 Å². The van der Waals surface area contributed by atoms with Crippen molar-refractivity contribution in [1.82, 2.24) is 10.3 Å². The van der Waals surface area contributed by atoms with Gasteiger partial charge >= 0.3 is 5.97 Å². The molecular weight excluding hydrogens is 224 g/mol. The molecule has 0 spiro atoms. The van der Waals surface area contributed by atoms with Crippen LogP contribution in [-0.4, -0.2) is 28.0 Å². The molecule has 0 fully saturated rings. The van der Waals surface area contributed by atoms with E-state index in [2.05, 4.69) is 10.3 Å². The lowest BCUT2D eigenvalue weighted by Crippen LogP contribution is -2.41. The zero-order valence-electron chi connectivity index (χ0n) is 9.56. The van der Waals surface area contributed by atoms with Crippen molar-refractivity contribution in [3.63, 3.8) is 0 Å². The smallest absolute Gasteiger partial charge is 0.308 e. The molecule has 3 N–H and O–H groups in total. The van der Waals surface area contributed by atoms with Crippen LogP contribution in [0.25, 0.3) is 0 Å². The van der Waals surface area contributed by atoms with Gasteiger partial charge in [-0.1, -0.05) is 0 Å². The molecule has 2 atom stereocenters. The lowest BCUT2D eigenvalue weighted by Gasteiger charge is -2.17. The maximum absolute atomic E-state index is 11.7. The first-order valence-electron chi connectivity index (χ1n) is 5.15. The first-order valence-corrected chi connectivity index (χ1v) is 5.15. The predicted octanol–water partition coefficient (Wildman–Crippen LogP) is 0.214. The lowest BCUT2D eigenvalue weighted by molar-refractivity contribution is -0.141. The molecule has 1 aromatic rings. The molecular formula is C11H14N2O4. The fourth-order valence-electron chi connectivity index (χ4n) is 1.22. The molecule has 2 unspecified atom stereocenters. The van der Waals surface area contributed by atoms with E-state index in [0.29, 0.717) is 0 Å². The van der Waals surface area contributed by atoms with E-state index in [1.54, 1.807) is 6.92 Å². The number of pyridine rings is 1. The van der Waals surface area contributed by atoms with Gasteiger partial charge in [-0.05, 0) is 26.0 Å². The Balaban J connectivity index is 2.77. The molecule has 92 valence electrons. The Kier molecular flexibility index (Phi) is 4.03. The number of carbonyl (C=O) groups is 2. The summed E-state index contributed by atoms with van der Waals surface area (Å²) < 4.78 is 0. The molecule has 0 saturated carbocycles. The van der Waals surface area contributed by atoms with Crippen molar-refractivity contribution >= 4 is 11.9 Å². The van der Waals surface area contributed by atoms with E-state index in [1.807, 2.05) is 0 Å². The highest BCUT2D eigenvalue weighted by Crippen LogP contribution is 2.03. The summed E-state index contributed by atoms with van der Waals surface area (Å²) in [6.07, 6.45) is 1.42. The molecule has 6 heteroatoms. The Morgan fingerprint density at radius 3 is 2.59 bits per heavy atom. The van der Waals surface area contributed by atoms with E-state index in [4.69, 9.17) is 5.11 Å². The van der Waals surface area contributed by atoms with E-state index in [9.17, 15) is 14.4 Å². The van der Waals surface area contributed by atoms with E-state index < -0.39 is 29.4 Å². The molecule has 1 amide bonds. The van der Waals surface area contributed by atoms with Crippen LogP contribution in [0.5, 0.6) is 0 Å². The van der Waals surface area contributed by atoms with Gasteiger partial charge in [0.15, 0.2) is 0 Å². The number of carboxylic acid groups (broad SMARTS) is 1. The Morgan fingerprint density at radius 1 is 1.41 bits per heavy atom. The van der Waals surface area contributed by atoms with Gasteiger partial charge in [-0.2, -0.15) is 0 Å². The number of aliphatic carboxylic acids is 1. The van der Waals surface area contributed by atoms with Gasteiger partial charge in [-0.15, -0.1) is 0 Å². The predicted molar refractivity (Wildman–Crippen MR) is 60.8 cm³/mol. The number of carboxylic acids is 1. The van der Waals surface area contributed by atoms with Crippen molar-refractivity contribution in [2.75, 3.05) is 0 Å². The standard InChI is InChI=1S/C11H14N2O4/c1-6(11(16)17)7(2)13-10(15)8-4-3-5-12-9(8)14/h3-7H,1-2H3,(H,12,14)(H,13,15)(H,16,17). The Bertz CT molecular complexity index is 480. The van der Waals surface area contributed by atoms with Crippen molar-refractivity contribution in [1.29, 1.82) is 0 Å². The van der Waals surface area contributed by atoms with Crippen molar-refractivity contribution in [2.45, 2.75) is 19.9 Å². The van der Waals surface area contributed by atoms with Gasteiger partial charge in [0.2, 0.25) is 0 Å². The lowest BCUT2D eigenvalue weighted by atomic mass is 10.0. The van der Waals surface area contributed by atoms with E-state index in [0.717, 1.165) is 0 Å². The Hall–Kier alpha value is -2.11. The van der Waals surface area contributed by atoms with Gasteiger partial charge < -0.3 is 15.4 Å². The second-order valence-corrected chi connectivity index (χ2v) is 3.80. The molecule has 0 aliphatic rings. The molecule has 0 bridgehead atoms. The van der Waals surface area contributed by atoms with Gasteiger partial charge in [-0.3, -0.25) is 14.4 Å².